The molecule has 0 aliphatic rings. The molecule has 6 N–H and O–H groups in total. The van der Waals surface area contributed by atoms with E-state index in [1.807, 2.05) is 0 Å². The van der Waals surface area contributed by atoms with Gasteiger partial charge in [0, 0.05) is 33.8 Å². The number of benzene rings is 2. The molecule has 14 heteroatoms. The molecule has 2 rings (SSSR count). The predicted molar refractivity (Wildman–Crippen MR) is 115 cm³/mol. The minimum absolute atomic E-state index is 0.0561. The van der Waals surface area contributed by atoms with Crippen LogP contribution in [-0.2, 0) is 9.59 Å². The molecule has 0 saturated carbocycles. The van der Waals surface area contributed by atoms with Gasteiger partial charge in [-0.3, -0.25) is 29.3 Å². The Bertz CT molecular complexity index is 1120. The normalized spacial score (nSPS) is 11.3. The number of halogens is 2. The van der Waals surface area contributed by atoms with E-state index in [2.05, 4.69) is 10.6 Å². The fraction of sp³-hybridized carbons (Fsp3) is 0.158. The van der Waals surface area contributed by atoms with Gasteiger partial charge in [-0.15, -0.1) is 0 Å². The van der Waals surface area contributed by atoms with Crippen molar-refractivity contribution in [3.63, 3.8) is 0 Å². The van der Waals surface area contributed by atoms with Crippen molar-refractivity contribution in [1.29, 1.82) is 0 Å². The molecule has 0 saturated heterocycles. The molecule has 12 nitrogen and oxygen atoms in total. The molecule has 0 radical (unpaired) electrons. The molecule has 33 heavy (non-hydrogen) atoms. The number of carboxylic acid groups (broad SMARTS) is 1. The number of phenols is 1. The van der Waals surface area contributed by atoms with Crippen molar-refractivity contribution >= 4 is 52.6 Å². The molecule has 174 valence electrons. The molecule has 0 spiro atoms. The fourth-order valence-electron chi connectivity index (χ4n) is 2.76. The van der Waals surface area contributed by atoms with Gasteiger partial charge >= 0.3 is 5.97 Å². The summed E-state index contributed by atoms with van der Waals surface area (Å²) in [6.45, 7) is -0.668. The van der Waals surface area contributed by atoms with E-state index < -0.39 is 59.1 Å². The van der Waals surface area contributed by atoms with Gasteiger partial charge in [0.15, 0.2) is 0 Å². The average molecular weight is 499 g/mol. The number of nitrogens with one attached hydrogen (secondary N) is 2. The van der Waals surface area contributed by atoms with Crippen LogP contribution in [0.15, 0.2) is 30.3 Å². The van der Waals surface area contributed by atoms with Crippen LogP contribution >= 0.6 is 23.2 Å². The third-order valence-corrected chi connectivity index (χ3v) is 4.74. The summed E-state index contributed by atoms with van der Waals surface area (Å²) in [5, 5.41) is 34.7. The van der Waals surface area contributed by atoms with Crippen molar-refractivity contribution in [1.82, 2.24) is 10.6 Å². The molecular formula is C19H16Cl2N4O8. The molecule has 3 amide bonds. The smallest absolute Gasteiger partial charge is 0.305 e. The quantitative estimate of drug-likeness (QED) is 0.254. The van der Waals surface area contributed by atoms with E-state index in [9.17, 15) is 34.4 Å². The van der Waals surface area contributed by atoms with Gasteiger partial charge < -0.3 is 26.6 Å². The highest BCUT2D eigenvalue weighted by Gasteiger charge is 2.24. The number of carbonyl (C=O) groups is 4. The highest BCUT2D eigenvalue weighted by Crippen LogP contribution is 2.36. The van der Waals surface area contributed by atoms with E-state index in [4.69, 9.17) is 34.0 Å². The van der Waals surface area contributed by atoms with Gasteiger partial charge in [0.05, 0.1) is 29.0 Å². The first-order valence-corrected chi connectivity index (χ1v) is 9.71. The molecule has 0 aliphatic carbocycles. The van der Waals surface area contributed by atoms with Crippen molar-refractivity contribution in [3.05, 3.63) is 67.2 Å². The number of carboxylic acids is 1. The van der Waals surface area contributed by atoms with Gasteiger partial charge in [-0.2, -0.15) is 0 Å². The molecule has 0 heterocycles. The summed E-state index contributed by atoms with van der Waals surface area (Å²) < 4.78 is 0. The number of primary amides is 1. The Morgan fingerprint density at radius 2 is 1.73 bits per heavy atom. The summed E-state index contributed by atoms with van der Waals surface area (Å²) in [5.41, 5.74) is 3.91. The Morgan fingerprint density at radius 3 is 2.30 bits per heavy atom. The summed E-state index contributed by atoms with van der Waals surface area (Å²) in [6.07, 6.45) is -0.642. The predicted octanol–water partition coefficient (Wildman–Crippen LogP) is 1.77. The Balaban J connectivity index is 2.17. The van der Waals surface area contributed by atoms with Crippen molar-refractivity contribution in [2.45, 2.75) is 12.5 Å². The SMILES string of the molecule is NC(=O)c1cc(C(=O)NCC(=O)N[C@H](CC(=O)O)c2cc(Cl)cc(Cl)c2O)cc([N+](=O)[O-])c1. The van der Waals surface area contributed by atoms with Crippen LogP contribution in [0.25, 0.3) is 0 Å². The summed E-state index contributed by atoms with van der Waals surface area (Å²) in [4.78, 5) is 57.4. The van der Waals surface area contributed by atoms with E-state index in [0.29, 0.717) is 0 Å². The Labute approximate surface area is 195 Å². The second-order valence-electron chi connectivity index (χ2n) is 6.62. The molecule has 0 unspecified atom stereocenters. The van der Waals surface area contributed by atoms with Gasteiger partial charge in [-0.05, 0) is 18.2 Å². The van der Waals surface area contributed by atoms with E-state index >= 15 is 0 Å². The van der Waals surface area contributed by atoms with Crippen LogP contribution in [0, 0.1) is 10.1 Å². The lowest BCUT2D eigenvalue weighted by molar-refractivity contribution is -0.384. The molecule has 1 atom stereocenters. The molecule has 0 aromatic heterocycles. The van der Waals surface area contributed by atoms with E-state index in [1.165, 1.54) is 12.1 Å². The first-order chi connectivity index (χ1) is 15.4. The topological polar surface area (TPSA) is 202 Å². The Kier molecular flexibility index (Phi) is 8.16. The lowest BCUT2D eigenvalue weighted by Gasteiger charge is -2.19. The zero-order chi connectivity index (χ0) is 24.9. The average Bonchev–Trinajstić information content (AvgIpc) is 2.73. The number of hydrogen-bond donors (Lipinski definition) is 5. The summed E-state index contributed by atoms with van der Waals surface area (Å²) >= 11 is 11.7. The zero-order valence-corrected chi connectivity index (χ0v) is 18.0. The van der Waals surface area contributed by atoms with Crippen LogP contribution < -0.4 is 16.4 Å². The van der Waals surface area contributed by atoms with E-state index in [-0.39, 0.29) is 26.7 Å². The maximum atomic E-state index is 12.3. The largest absolute Gasteiger partial charge is 0.506 e. The number of nitro benzene ring substituents is 1. The second-order valence-corrected chi connectivity index (χ2v) is 7.46. The van der Waals surface area contributed by atoms with Crippen molar-refractivity contribution in [3.8, 4) is 5.75 Å². The molecular weight excluding hydrogens is 483 g/mol. The highest BCUT2D eigenvalue weighted by molar-refractivity contribution is 6.35. The van der Waals surface area contributed by atoms with Crippen molar-refractivity contribution < 1.29 is 34.3 Å². The maximum Gasteiger partial charge on any atom is 0.305 e. The van der Waals surface area contributed by atoms with Gasteiger partial charge in [0.2, 0.25) is 11.8 Å². The van der Waals surface area contributed by atoms with E-state index in [1.54, 1.807) is 0 Å². The number of carbonyl (C=O) groups excluding carboxylic acids is 3. The standard InChI is InChI=1S/C19H16Cl2N4O8/c20-10-4-12(17(29)13(21)5-10)14(6-16(27)28)24-15(26)7-23-19(31)9-1-8(18(22)30)2-11(3-9)25(32)33/h1-5,14,29H,6-7H2,(H2,22,30)(H,23,31)(H,24,26)(H,27,28)/t14-/m1/s1. The van der Waals surface area contributed by atoms with Crippen LogP contribution in [-0.4, -0.2) is 45.4 Å². The summed E-state index contributed by atoms with van der Waals surface area (Å²) in [6, 6.07) is 4.00. The summed E-state index contributed by atoms with van der Waals surface area (Å²) in [5.74, 6) is -4.57. The van der Waals surface area contributed by atoms with Crippen molar-refractivity contribution in [2.75, 3.05) is 6.54 Å². The van der Waals surface area contributed by atoms with Gasteiger partial charge in [0.25, 0.3) is 11.6 Å². The molecule has 0 bridgehead atoms. The number of aromatic hydroxyl groups is 1. The Hall–Kier alpha value is -3.90. The van der Waals surface area contributed by atoms with Gasteiger partial charge in [-0.1, -0.05) is 23.2 Å². The van der Waals surface area contributed by atoms with Crippen LogP contribution in [0.4, 0.5) is 5.69 Å². The third-order valence-electron chi connectivity index (χ3n) is 4.23. The van der Waals surface area contributed by atoms with Gasteiger partial charge in [-0.25, -0.2) is 0 Å². The number of aliphatic carboxylic acids is 1. The van der Waals surface area contributed by atoms with Crippen LogP contribution in [0.2, 0.25) is 10.0 Å². The summed E-state index contributed by atoms with van der Waals surface area (Å²) in [7, 11) is 0. The number of hydrogen-bond acceptors (Lipinski definition) is 7. The number of nitrogens with zero attached hydrogens (tertiary/aromatic N) is 1. The van der Waals surface area contributed by atoms with Crippen LogP contribution in [0.1, 0.15) is 38.7 Å². The zero-order valence-electron chi connectivity index (χ0n) is 16.5. The minimum atomic E-state index is -1.31. The lowest BCUT2D eigenvalue weighted by Crippen LogP contribution is -2.39. The number of phenolic OH excluding ortho intramolecular Hbond substituents is 1. The maximum absolute atomic E-state index is 12.3. The first-order valence-electron chi connectivity index (χ1n) is 8.95. The fourth-order valence-corrected chi connectivity index (χ4v) is 3.27. The third kappa shape index (κ3) is 6.79. The molecule has 2 aromatic rings. The number of amides is 3. The molecule has 0 aliphatic heterocycles. The Morgan fingerprint density at radius 1 is 1.09 bits per heavy atom. The first kappa shape index (κ1) is 25.4. The number of nitro groups is 1. The van der Waals surface area contributed by atoms with Crippen LogP contribution in [0.3, 0.4) is 0 Å². The number of rotatable bonds is 9. The number of non-ortho nitro benzene ring substituents is 1. The number of nitrogens with two attached hydrogens (primary N) is 1. The molecule has 2 aromatic carbocycles. The second kappa shape index (κ2) is 10.6. The van der Waals surface area contributed by atoms with Gasteiger partial charge in [0.1, 0.15) is 5.75 Å². The van der Waals surface area contributed by atoms with E-state index in [0.717, 1.165) is 18.2 Å². The van der Waals surface area contributed by atoms with Crippen molar-refractivity contribution in [2.24, 2.45) is 5.73 Å². The monoisotopic (exact) mass is 498 g/mol. The van der Waals surface area contributed by atoms with Crippen LogP contribution in [0.5, 0.6) is 5.75 Å². The molecule has 0 fully saturated rings. The highest BCUT2D eigenvalue weighted by atomic mass is 35.5. The lowest BCUT2D eigenvalue weighted by atomic mass is 10.0. The minimum Gasteiger partial charge on any atom is -0.506 e.